The largest absolute Gasteiger partial charge is 0.327 e. The topological polar surface area (TPSA) is 67.2 Å². The van der Waals surface area contributed by atoms with Crippen LogP contribution in [0, 0.1) is 11.7 Å². The lowest BCUT2D eigenvalue weighted by Gasteiger charge is -2.22. The van der Waals surface area contributed by atoms with Crippen molar-refractivity contribution in [3.05, 3.63) is 60.7 Å². The van der Waals surface area contributed by atoms with Crippen molar-refractivity contribution in [2.45, 2.75) is 18.9 Å². The lowest BCUT2D eigenvalue weighted by Crippen LogP contribution is -2.42. The molecule has 1 aliphatic heterocycles. The van der Waals surface area contributed by atoms with Crippen molar-refractivity contribution < 1.29 is 14.0 Å². The quantitative estimate of drug-likeness (QED) is 0.835. The molecule has 2 atom stereocenters. The molecule has 1 N–H and O–H groups in total. The van der Waals surface area contributed by atoms with Gasteiger partial charge in [-0.15, -0.1) is 0 Å². The minimum atomic E-state index is -0.584. The van der Waals surface area contributed by atoms with Gasteiger partial charge in [-0.2, -0.15) is 5.10 Å². The molecular weight excluding hydrogens is 335 g/mol. The van der Waals surface area contributed by atoms with Crippen LogP contribution in [0.5, 0.6) is 0 Å². The molecule has 6 nitrogen and oxygen atoms in total. The summed E-state index contributed by atoms with van der Waals surface area (Å²) in [6.45, 7) is 3.96. The zero-order chi connectivity index (χ0) is 18.7. The van der Waals surface area contributed by atoms with E-state index in [1.807, 2.05) is 6.07 Å². The molecule has 2 amide bonds. The van der Waals surface area contributed by atoms with Crippen LogP contribution in [0.3, 0.4) is 0 Å². The summed E-state index contributed by atoms with van der Waals surface area (Å²) in [5.74, 6) is -0.747. The number of aryl methyl sites for hydroxylation is 1. The van der Waals surface area contributed by atoms with Crippen molar-refractivity contribution in [1.82, 2.24) is 14.7 Å². The zero-order valence-electron chi connectivity index (χ0n) is 14.6. The molecule has 7 heteroatoms. The first-order chi connectivity index (χ1) is 12.5. The van der Waals surface area contributed by atoms with Crippen LogP contribution in [-0.4, -0.2) is 39.1 Å². The van der Waals surface area contributed by atoms with Gasteiger partial charge >= 0.3 is 0 Å². The minimum Gasteiger partial charge on any atom is -0.327 e. The summed E-state index contributed by atoms with van der Waals surface area (Å²) in [7, 11) is 1.76. The van der Waals surface area contributed by atoms with Crippen LogP contribution in [0.1, 0.15) is 12.0 Å². The molecule has 0 unspecified atom stereocenters. The number of aromatic nitrogens is 2. The fourth-order valence-electron chi connectivity index (χ4n) is 3.39. The molecule has 3 rings (SSSR count). The third-order valence-corrected chi connectivity index (χ3v) is 4.53. The molecular formula is C19H21FN4O2. The van der Waals surface area contributed by atoms with Crippen molar-refractivity contribution >= 4 is 17.5 Å². The van der Waals surface area contributed by atoms with E-state index in [9.17, 15) is 14.0 Å². The van der Waals surface area contributed by atoms with Crippen molar-refractivity contribution in [3.8, 4) is 0 Å². The van der Waals surface area contributed by atoms with Gasteiger partial charge in [-0.1, -0.05) is 18.7 Å². The first-order valence-corrected chi connectivity index (χ1v) is 8.43. The average molecular weight is 356 g/mol. The van der Waals surface area contributed by atoms with E-state index in [-0.39, 0.29) is 23.5 Å². The Kier molecular flexibility index (Phi) is 5.16. The van der Waals surface area contributed by atoms with E-state index < -0.39 is 6.04 Å². The Hall–Kier alpha value is -2.96. The fraction of sp³-hybridized carbons (Fsp3) is 0.316. The first kappa shape index (κ1) is 17.8. The zero-order valence-corrected chi connectivity index (χ0v) is 14.6. The van der Waals surface area contributed by atoms with Crippen LogP contribution in [0.2, 0.25) is 0 Å². The Bertz CT molecular complexity index is 832. The highest BCUT2D eigenvalue weighted by atomic mass is 19.1. The maximum atomic E-state index is 13.4. The number of hydrogen-bond donors (Lipinski definition) is 1. The molecule has 1 fully saturated rings. The maximum Gasteiger partial charge on any atom is 0.247 e. The average Bonchev–Trinajstić information content (AvgIpc) is 3.20. The van der Waals surface area contributed by atoms with Crippen LogP contribution in [0.15, 0.2) is 49.3 Å². The van der Waals surface area contributed by atoms with Gasteiger partial charge in [-0.05, 0) is 42.5 Å². The molecule has 1 aliphatic rings. The van der Waals surface area contributed by atoms with Gasteiger partial charge in [0.2, 0.25) is 11.8 Å². The van der Waals surface area contributed by atoms with E-state index >= 15 is 0 Å². The molecule has 136 valence electrons. The number of carbonyl (C=O) groups excluding carboxylic acids is 2. The number of likely N-dealkylation sites (tertiary alicyclic amines) is 1. The number of nitrogens with zero attached hydrogens (tertiary/aromatic N) is 3. The summed E-state index contributed by atoms with van der Waals surface area (Å²) in [4.78, 5) is 26.4. The first-order valence-electron chi connectivity index (χ1n) is 8.43. The van der Waals surface area contributed by atoms with Crippen molar-refractivity contribution in [1.29, 1.82) is 0 Å². The predicted molar refractivity (Wildman–Crippen MR) is 95.7 cm³/mol. The van der Waals surface area contributed by atoms with E-state index in [0.717, 1.165) is 5.56 Å². The number of hydrogen-bond acceptors (Lipinski definition) is 3. The Morgan fingerprint density at radius 2 is 2.27 bits per heavy atom. The van der Waals surface area contributed by atoms with Crippen LogP contribution >= 0.6 is 0 Å². The highest BCUT2D eigenvalue weighted by Crippen LogP contribution is 2.28. The van der Waals surface area contributed by atoms with Crippen LogP contribution in [0.4, 0.5) is 10.1 Å². The number of amides is 2. The van der Waals surface area contributed by atoms with Crippen LogP contribution < -0.4 is 5.32 Å². The lowest BCUT2D eigenvalue weighted by atomic mass is 9.96. The number of anilines is 1. The Morgan fingerprint density at radius 3 is 2.92 bits per heavy atom. The molecule has 26 heavy (non-hydrogen) atoms. The van der Waals surface area contributed by atoms with Crippen molar-refractivity contribution in [2.24, 2.45) is 13.0 Å². The van der Waals surface area contributed by atoms with Crippen molar-refractivity contribution in [3.63, 3.8) is 0 Å². The molecule has 1 aromatic heterocycles. The number of rotatable bonds is 5. The summed E-state index contributed by atoms with van der Waals surface area (Å²) < 4.78 is 15.0. The fourth-order valence-corrected chi connectivity index (χ4v) is 3.39. The van der Waals surface area contributed by atoms with Gasteiger partial charge in [0.1, 0.15) is 11.9 Å². The summed E-state index contributed by atoms with van der Waals surface area (Å²) >= 11 is 0. The molecule has 1 aromatic carbocycles. The highest BCUT2D eigenvalue weighted by Gasteiger charge is 2.38. The number of nitrogens with one attached hydrogen (secondary N) is 1. The van der Waals surface area contributed by atoms with Gasteiger partial charge < -0.3 is 10.2 Å². The molecule has 0 aliphatic carbocycles. The van der Waals surface area contributed by atoms with Crippen LogP contribution in [0.25, 0.3) is 0 Å². The summed E-state index contributed by atoms with van der Waals surface area (Å²) in [5.41, 5.74) is 1.44. The molecule has 0 spiro atoms. The summed E-state index contributed by atoms with van der Waals surface area (Å²) in [6.07, 6.45) is 5.58. The number of halogens is 1. The highest BCUT2D eigenvalue weighted by molar-refractivity contribution is 5.99. The maximum absolute atomic E-state index is 13.4. The molecule has 0 radical (unpaired) electrons. The second kappa shape index (κ2) is 7.51. The van der Waals surface area contributed by atoms with E-state index in [0.29, 0.717) is 25.1 Å². The lowest BCUT2D eigenvalue weighted by molar-refractivity contribution is -0.132. The Morgan fingerprint density at radius 1 is 1.46 bits per heavy atom. The van der Waals surface area contributed by atoms with E-state index in [1.165, 1.54) is 23.1 Å². The molecule has 2 aromatic rings. The summed E-state index contributed by atoms with van der Waals surface area (Å²) in [6, 6.07) is 5.82. The third kappa shape index (κ3) is 3.99. The normalized spacial score (nSPS) is 19.4. The van der Waals surface area contributed by atoms with Gasteiger partial charge in [0.15, 0.2) is 0 Å². The van der Waals surface area contributed by atoms with Gasteiger partial charge in [0.05, 0.1) is 11.9 Å². The standard InChI is InChI=1S/C19H21FN4O2/c1-3-18(25)24-11-14(7-13-5-4-6-15(20)8-13)9-17(24)19(26)22-16-10-21-23(2)12-16/h3-6,8,10,12,14,17H,1,7,9,11H2,2H3,(H,22,26)/t14-,17+/m1/s1. The third-order valence-electron chi connectivity index (χ3n) is 4.53. The van der Waals surface area contributed by atoms with Crippen molar-refractivity contribution in [2.75, 3.05) is 11.9 Å². The number of carbonyl (C=O) groups is 2. The molecule has 1 saturated heterocycles. The van der Waals surface area contributed by atoms with Gasteiger partial charge in [-0.3, -0.25) is 14.3 Å². The van der Waals surface area contributed by atoms with Crippen LogP contribution in [-0.2, 0) is 23.1 Å². The minimum absolute atomic E-state index is 0.0744. The monoisotopic (exact) mass is 356 g/mol. The second-order valence-corrected chi connectivity index (χ2v) is 6.54. The molecule has 2 heterocycles. The van der Waals surface area contributed by atoms with Gasteiger partial charge in [0.25, 0.3) is 0 Å². The smallest absolute Gasteiger partial charge is 0.247 e. The second-order valence-electron chi connectivity index (χ2n) is 6.54. The Labute approximate surface area is 151 Å². The predicted octanol–water partition coefficient (Wildman–Crippen LogP) is 2.14. The number of benzene rings is 1. The Balaban J connectivity index is 1.73. The van der Waals surface area contributed by atoms with E-state index in [1.54, 1.807) is 30.2 Å². The SMILES string of the molecule is C=CC(=O)N1C[C@H](Cc2cccc(F)c2)C[C@H]1C(=O)Nc1cnn(C)c1. The van der Waals surface area contributed by atoms with E-state index in [2.05, 4.69) is 17.0 Å². The molecule has 0 saturated carbocycles. The van der Waals surface area contributed by atoms with Gasteiger partial charge in [-0.25, -0.2) is 4.39 Å². The summed E-state index contributed by atoms with van der Waals surface area (Å²) in [5, 5.41) is 6.81. The van der Waals surface area contributed by atoms with E-state index in [4.69, 9.17) is 0 Å². The molecule has 0 bridgehead atoms. The van der Waals surface area contributed by atoms with Gasteiger partial charge in [0, 0.05) is 19.8 Å².